The van der Waals surface area contributed by atoms with Crippen LogP contribution in [-0.2, 0) is 16.0 Å². The van der Waals surface area contributed by atoms with Crippen molar-refractivity contribution in [3.05, 3.63) is 29.8 Å². The Hall–Kier alpha value is -2.08. The Bertz CT molecular complexity index is 446. The minimum atomic E-state index is -1.26. The molecule has 104 valence electrons. The number of benzene rings is 1. The van der Waals surface area contributed by atoms with Crippen LogP contribution >= 0.6 is 0 Å². The summed E-state index contributed by atoms with van der Waals surface area (Å²) in [5.41, 5.74) is 0.871. The molecule has 0 saturated heterocycles. The second kappa shape index (κ2) is 7.38. The SMILES string of the molecule is COc1ccccc1CCC(=O)N[C@H](CO)C(=O)O. The number of nitrogens with one attached hydrogen (secondary N) is 1. The van der Waals surface area contributed by atoms with E-state index in [4.69, 9.17) is 14.9 Å². The van der Waals surface area contributed by atoms with Gasteiger partial charge in [0.15, 0.2) is 0 Å². The molecule has 3 N–H and O–H groups in total. The molecular formula is C13H17NO5. The van der Waals surface area contributed by atoms with Gasteiger partial charge in [-0.05, 0) is 18.1 Å². The first-order valence-corrected chi connectivity index (χ1v) is 5.83. The van der Waals surface area contributed by atoms with Gasteiger partial charge in [0.05, 0.1) is 13.7 Å². The lowest BCUT2D eigenvalue weighted by molar-refractivity contribution is -0.142. The van der Waals surface area contributed by atoms with Gasteiger partial charge in [-0.3, -0.25) is 4.79 Å². The number of carboxylic acids is 1. The van der Waals surface area contributed by atoms with E-state index in [0.29, 0.717) is 12.2 Å². The van der Waals surface area contributed by atoms with E-state index in [1.54, 1.807) is 13.2 Å². The highest BCUT2D eigenvalue weighted by Crippen LogP contribution is 2.18. The van der Waals surface area contributed by atoms with Crippen LogP contribution in [0.5, 0.6) is 5.75 Å². The summed E-state index contributed by atoms with van der Waals surface area (Å²) in [4.78, 5) is 22.2. The van der Waals surface area contributed by atoms with E-state index in [9.17, 15) is 9.59 Å². The smallest absolute Gasteiger partial charge is 0.328 e. The Morgan fingerprint density at radius 1 is 1.37 bits per heavy atom. The molecule has 1 atom stereocenters. The minimum Gasteiger partial charge on any atom is -0.496 e. The maximum absolute atomic E-state index is 11.6. The molecule has 0 aromatic heterocycles. The molecule has 1 aromatic rings. The van der Waals surface area contributed by atoms with Gasteiger partial charge in [-0.15, -0.1) is 0 Å². The molecule has 0 heterocycles. The van der Waals surface area contributed by atoms with Crippen LogP contribution in [0.4, 0.5) is 0 Å². The van der Waals surface area contributed by atoms with Crippen molar-refractivity contribution in [2.75, 3.05) is 13.7 Å². The number of carboxylic acid groups (broad SMARTS) is 1. The molecule has 6 heteroatoms. The molecule has 0 bridgehead atoms. The fourth-order valence-corrected chi connectivity index (χ4v) is 1.61. The normalized spacial score (nSPS) is 11.7. The molecule has 1 aromatic carbocycles. The quantitative estimate of drug-likeness (QED) is 0.655. The maximum Gasteiger partial charge on any atom is 0.328 e. The van der Waals surface area contributed by atoms with Gasteiger partial charge in [-0.1, -0.05) is 18.2 Å². The van der Waals surface area contributed by atoms with E-state index in [0.717, 1.165) is 5.56 Å². The lowest BCUT2D eigenvalue weighted by atomic mass is 10.1. The topological polar surface area (TPSA) is 95.9 Å². The number of methoxy groups -OCH3 is 1. The number of aryl methyl sites for hydroxylation is 1. The number of amides is 1. The van der Waals surface area contributed by atoms with Crippen molar-refractivity contribution >= 4 is 11.9 Å². The molecular weight excluding hydrogens is 250 g/mol. The number of carbonyl (C=O) groups is 2. The Kier molecular flexibility index (Phi) is 5.81. The number of hydrogen-bond acceptors (Lipinski definition) is 4. The molecule has 0 aliphatic rings. The predicted octanol–water partition coefficient (Wildman–Crippen LogP) is 0.189. The van der Waals surface area contributed by atoms with E-state index < -0.39 is 24.5 Å². The molecule has 1 amide bonds. The highest BCUT2D eigenvalue weighted by Gasteiger charge is 2.18. The molecule has 0 fully saturated rings. The van der Waals surface area contributed by atoms with E-state index in [-0.39, 0.29) is 6.42 Å². The number of aliphatic hydroxyl groups is 1. The van der Waals surface area contributed by atoms with E-state index in [2.05, 4.69) is 5.32 Å². The first-order chi connectivity index (χ1) is 9.08. The molecule has 6 nitrogen and oxygen atoms in total. The van der Waals surface area contributed by atoms with Crippen LogP contribution in [0, 0.1) is 0 Å². The summed E-state index contributed by atoms with van der Waals surface area (Å²) in [5.74, 6) is -0.993. The third kappa shape index (κ3) is 4.59. The van der Waals surface area contributed by atoms with Crippen molar-refractivity contribution in [1.29, 1.82) is 0 Å². The van der Waals surface area contributed by atoms with Crippen LogP contribution in [0.2, 0.25) is 0 Å². The van der Waals surface area contributed by atoms with Crippen molar-refractivity contribution in [3.63, 3.8) is 0 Å². The van der Waals surface area contributed by atoms with Crippen LogP contribution < -0.4 is 10.1 Å². The lowest BCUT2D eigenvalue weighted by Gasteiger charge is -2.12. The largest absolute Gasteiger partial charge is 0.496 e. The Morgan fingerprint density at radius 2 is 2.05 bits per heavy atom. The number of aliphatic hydroxyl groups excluding tert-OH is 1. The second-order valence-electron chi connectivity index (χ2n) is 3.95. The fraction of sp³-hybridized carbons (Fsp3) is 0.385. The summed E-state index contributed by atoms with van der Waals surface area (Å²) in [5, 5.41) is 19.7. The average molecular weight is 267 g/mol. The van der Waals surface area contributed by atoms with Gasteiger partial charge in [0.25, 0.3) is 0 Å². The first-order valence-electron chi connectivity index (χ1n) is 5.83. The Labute approximate surface area is 111 Å². The molecule has 0 aliphatic carbocycles. The maximum atomic E-state index is 11.6. The summed E-state index contributed by atoms with van der Waals surface area (Å²) in [7, 11) is 1.55. The van der Waals surface area contributed by atoms with Gasteiger partial charge in [0, 0.05) is 6.42 Å². The van der Waals surface area contributed by atoms with Crippen LogP contribution in [0.1, 0.15) is 12.0 Å². The summed E-state index contributed by atoms with van der Waals surface area (Å²) in [6.45, 7) is -0.629. The van der Waals surface area contributed by atoms with Crippen molar-refractivity contribution in [3.8, 4) is 5.75 Å². The van der Waals surface area contributed by atoms with Gasteiger partial charge in [0.2, 0.25) is 5.91 Å². The van der Waals surface area contributed by atoms with Gasteiger partial charge in [0.1, 0.15) is 11.8 Å². The van der Waals surface area contributed by atoms with Gasteiger partial charge < -0.3 is 20.3 Å². The summed E-state index contributed by atoms with van der Waals surface area (Å²) < 4.78 is 5.15. The van der Waals surface area contributed by atoms with Crippen LogP contribution in [0.15, 0.2) is 24.3 Å². The van der Waals surface area contributed by atoms with E-state index >= 15 is 0 Å². The number of para-hydroxylation sites is 1. The van der Waals surface area contributed by atoms with Gasteiger partial charge in [-0.2, -0.15) is 0 Å². The monoisotopic (exact) mass is 267 g/mol. The van der Waals surface area contributed by atoms with Gasteiger partial charge in [-0.25, -0.2) is 4.79 Å². The molecule has 0 spiro atoms. The summed E-state index contributed by atoms with van der Waals surface area (Å²) >= 11 is 0. The number of hydrogen-bond donors (Lipinski definition) is 3. The zero-order valence-electron chi connectivity index (χ0n) is 10.6. The Morgan fingerprint density at radius 3 is 2.63 bits per heavy atom. The number of ether oxygens (including phenoxy) is 1. The van der Waals surface area contributed by atoms with E-state index in [1.807, 2.05) is 18.2 Å². The molecule has 0 radical (unpaired) electrons. The zero-order valence-corrected chi connectivity index (χ0v) is 10.6. The van der Waals surface area contributed by atoms with Crippen molar-refractivity contribution in [2.24, 2.45) is 0 Å². The molecule has 0 aliphatic heterocycles. The lowest BCUT2D eigenvalue weighted by Crippen LogP contribution is -2.43. The predicted molar refractivity (Wildman–Crippen MR) is 68.0 cm³/mol. The molecule has 0 saturated carbocycles. The third-order valence-corrected chi connectivity index (χ3v) is 2.63. The van der Waals surface area contributed by atoms with Crippen molar-refractivity contribution in [1.82, 2.24) is 5.32 Å². The molecule has 1 rings (SSSR count). The van der Waals surface area contributed by atoms with Crippen LogP contribution in [0.25, 0.3) is 0 Å². The zero-order chi connectivity index (χ0) is 14.3. The number of rotatable bonds is 7. The third-order valence-electron chi connectivity index (χ3n) is 2.63. The summed E-state index contributed by atoms with van der Waals surface area (Å²) in [6.07, 6.45) is 0.567. The average Bonchev–Trinajstić information content (AvgIpc) is 2.42. The standard InChI is InChI=1S/C13H17NO5/c1-19-11-5-3-2-4-9(11)6-7-12(16)14-10(8-15)13(17)18/h2-5,10,15H,6-8H2,1H3,(H,14,16)(H,17,18)/t10-/m1/s1. The number of aliphatic carboxylic acids is 1. The molecule has 0 unspecified atom stereocenters. The first kappa shape index (κ1) is 15.0. The van der Waals surface area contributed by atoms with E-state index in [1.165, 1.54) is 0 Å². The second-order valence-corrected chi connectivity index (χ2v) is 3.95. The highest BCUT2D eigenvalue weighted by atomic mass is 16.5. The molecule has 19 heavy (non-hydrogen) atoms. The number of carbonyl (C=O) groups excluding carboxylic acids is 1. The van der Waals surface area contributed by atoms with Crippen molar-refractivity contribution in [2.45, 2.75) is 18.9 Å². The summed E-state index contributed by atoms with van der Waals surface area (Å²) in [6, 6.07) is 6.04. The van der Waals surface area contributed by atoms with Crippen LogP contribution in [0.3, 0.4) is 0 Å². The fourth-order valence-electron chi connectivity index (χ4n) is 1.61. The van der Waals surface area contributed by atoms with Gasteiger partial charge >= 0.3 is 5.97 Å². The van der Waals surface area contributed by atoms with Crippen molar-refractivity contribution < 1.29 is 24.5 Å². The Balaban J connectivity index is 2.52. The minimum absolute atomic E-state index is 0.129. The highest BCUT2D eigenvalue weighted by molar-refractivity contribution is 5.83. The van der Waals surface area contributed by atoms with Crippen LogP contribution in [-0.4, -0.2) is 41.8 Å².